The molecule has 0 aromatic rings. The van der Waals surface area contributed by atoms with Crippen molar-refractivity contribution >= 4 is 23.2 Å². The summed E-state index contributed by atoms with van der Waals surface area (Å²) in [6, 6.07) is 0. The molecule has 0 saturated carbocycles. The lowest BCUT2D eigenvalue weighted by Gasteiger charge is -2.25. The van der Waals surface area contributed by atoms with Gasteiger partial charge >= 0.3 is 0 Å². The van der Waals surface area contributed by atoms with Gasteiger partial charge in [0.15, 0.2) is 0 Å². The number of aliphatic hydroxyl groups is 1. The summed E-state index contributed by atoms with van der Waals surface area (Å²) in [7, 11) is 0. The van der Waals surface area contributed by atoms with Crippen molar-refractivity contribution in [2.45, 2.75) is 17.8 Å². The molecule has 0 bridgehead atoms. The van der Waals surface area contributed by atoms with E-state index < -0.39 is 11.4 Å². The van der Waals surface area contributed by atoms with E-state index in [0.717, 1.165) is 0 Å². The topological polar surface area (TPSA) is 38.7 Å². The van der Waals surface area contributed by atoms with Crippen LogP contribution in [0.1, 0.15) is 6.42 Å². The van der Waals surface area contributed by atoms with Crippen LogP contribution in [0.5, 0.6) is 0 Å². The SMILES string of the molecule is C=CC1(O)CC2(OCCO2)C(Cl)=C1Cl. The summed E-state index contributed by atoms with van der Waals surface area (Å²) in [6.07, 6.45) is 1.51. The zero-order valence-corrected chi connectivity index (χ0v) is 8.94. The van der Waals surface area contributed by atoms with Gasteiger partial charge in [-0.3, -0.25) is 0 Å². The molecule has 5 heteroatoms. The number of ether oxygens (including phenoxy) is 2. The summed E-state index contributed by atoms with van der Waals surface area (Å²) >= 11 is 11.9. The van der Waals surface area contributed by atoms with Crippen LogP contribution in [0.3, 0.4) is 0 Å². The maximum absolute atomic E-state index is 10.0. The predicted molar refractivity (Wildman–Crippen MR) is 53.1 cm³/mol. The zero-order valence-electron chi connectivity index (χ0n) is 7.43. The van der Waals surface area contributed by atoms with Crippen LogP contribution in [0.2, 0.25) is 0 Å². The molecule has 0 amide bonds. The van der Waals surface area contributed by atoms with Gasteiger partial charge in [0, 0.05) is 6.42 Å². The van der Waals surface area contributed by atoms with Crippen molar-refractivity contribution in [3.8, 4) is 0 Å². The summed E-state index contributed by atoms with van der Waals surface area (Å²) in [4.78, 5) is 0. The summed E-state index contributed by atoms with van der Waals surface area (Å²) in [5, 5.41) is 10.4. The highest BCUT2D eigenvalue weighted by molar-refractivity contribution is 6.41. The van der Waals surface area contributed by atoms with Gasteiger partial charge in [-0.25, -0.2) is 0 Å². The number of halogens is 2. The third-order valence-corrected chi connectivity index (χ3v) is 3.59. The Morgan fingerprint density at radius 2 is 1.86 bits per heavy atom. The highest BCUT2D eigenvalue weighted by atomic mass is 35.5. The molecule has 0 radical (unpaired) electrons. The van der Waals surface area contributed by atoms with Crippen LogP contribution in [0.25, 0.3) is 0 Å². The third-order valence-electron chi connectivity index (χ3n) is 2.50. The van der Waals surface area contributed by atoms with Crippen LogP contribution in [0, 0.1) is 0 Å². The summed E-state index contributed by atoms with van der Waals surface area (Å²) in [5.41, 5.74) is -1.33. The van der Waals surface area contributed by atoms with E-state index in [1.165, 1.54) is 6.08 Å². The smallest absolute Gasteiger partial charge is 0.210 e. The number of rotatable bonds is 1. The Kier molecular flexibility index (Phi) is 2.40. The Labute approximate surface area is 91.9 Å². The van der Waals surface area contributed by atoms with Crippen LogP contribution < -0.4 is 0 Å². The van der Waals surface area contributed by atoms with Gasteiger partial charge in [-0.1, -0.05) is 35.9 Å². The van der Waals surface area contributed by atoms with Gasteiger partial charge in [0.1, 0.15) is 5.60 Å². The molecular formula is C9H10Cl2O3. The summed E-state index contributed by atoms with van der Waals surface area (Å²) < 4.78 is 10.8. The van der Waals surface area contributed by atoms with Crippen molar-refractivity contribution in [3.63, 3.8) is 0 Å². The maximum Gasteiger partial charge on any atom is 0.210 e. The van der Waals surface area contributed by atoms with Gasteiger partial charge < -0.3 is 14.6 Å². The molecule has 1 spiro atoms. The number of hydrogen-bond donors (Lipinski definition) is 1. The van der Waals surface area contributed by atoms with Gasteiger partial charge in [0.2, 0.25) is 5.79 Å². The molecule has 0 aromatic heterocycles. The fourth-order valence-electron chi connectivity index (χ4n) is 1.71. The van der Waals surface area contributed by atoms with Crippen LogP contribution in [0.4, 0.5) is 0 Å². The molecule has 3 nitrogen and oxygen atoms in total. The van der Waals surface area contributed by atoms with Gasteiger partial charge in [-0.2, -0.15) is 0 Å². The van der Waals surface area contributed by atoms with E-state index in [4.69, 9.17) is 32.7 Å². The maximum atomic E-state index is 10.0. The molecule has 1 N–H and O–H groups in total. The minimum Gasteiger partial charge on any atom is -0.380 e. The normalized spacial score (nSPS) is 35.6. The van der Waals surface area contributed by atoms with Crippen LogP contribution in [-0.4, -0.2) is 29.7 Å². The van der Waals surface area contributed by atoms with Gasteiger partial charge in [0.05, 0.1) is 23.3 Å². The average molecular weight is 237 g/mol. The lowest BCUT2D eigenvalue weighted by atomic mass is 10.0. The molecule has 1 atom stereocenters. The second-order valence-electron chi connectivity index (χ2n) is 3.38. The first-order valence-corrected chi connectivity index (χ1v) is 5.00. The van der Waals surface area contributed by atoms with E-state index in [2.05, 4.69) is 6.58 Å². The second-order valence-corrected chi connectivity index (χ2v) is 4.14. The molecule has 2 rings (SSSR count). The predicted octanol–water partition coefficient (Wildman–Crippen LogP) is 1.74. The number of hydrogen-bond acceptors (Lipinski definition) is 3. The van der Waals surface area contributed by atoms with Crippen molar-refractivity contribution in [1.29, 1.82) is 0 Å². The fourth-order valence-corrected chi connectivity index (χ4v) is 2.34. The van der Waals surface area contributed by atoms with Crippen LogP contribution >= 0.6 is 23.2 Å². The second kappa shape index (κ2) is 3.22. The van der Waals surface area contributed by atoms with E-state index >= 15 is 0 Å². The fraction of sp³-hybridized carbons (Fsp3) is 0.556. The average Bonchev–Trinajstić information content (AvgIpc) is 2.70. The minimum atomic E-state index is -1.33. The van der Waals surface area contributed by atoms with Crippen molar-refractivity contribution < 1.29 is 14.6 Å². The van der Waals surface area contributed by atoms with E-state index in [1.54, 1.807) is 0 Å². The van der Waals surface area contributed by atoms with E-state index in [0.29, 0.717) is 13.2 Å². The van der Waals surface area contributed by atoms with Crippen molar-refractivity contribution in [1.82, 2.24) is 0 Å². The Morgan fingerprint density at radius 1 is 1.29 bits per heavy atom. The molecule has 1 aliphatic heterocycles. The first-order chi connectivity index (χ1) is 6.54. The molecule has 14 heavy (non-hydrogen) atoms. The van der Waals surface area contributed by atoms with Crippen molar-refractivity contribution in [3.05, 3.63) is 22.7 Å². The molecular weight excluding hydrogens is 227 g/mol. The van der Waals surface area contributed by atoms with Crippen LogP contribution in [-0.2, 0) is 9.47 Å². The molecule has 1 aliphatic carbocycles. The van der Waals surface area contributed by atoms with Crippen molar-refractivity contribution in [2.24, 2.45) is 0 Å². The van der Waals surface area contributed by atoms with E-state index in [-0.39, 0.29) is 16.5 Å². The molecule has 1 unspecified atom stereocenters. The molecule has 1 heterocycles. The summed E-state index contributed by atoms with van der Waals surface area (Å²) in [6.45, 7) is 4.42. The minimum absolute atomic E-state index is 0.135. The lowest BCUT2D eigenvalue weighted by Crippen LogP contribution is -2.34. The van der Waals surface area contributed by atoms with E-state index in [9.17, 15) is 5.11 Å². The summed E-state index contributed by atoms with van der Waals surface area (Å²) in [5.74, 6) is -1.05. The Balaban J connectivity index is 2.40. The monoisotopic (exact) mass is 236 g/mol. The van der Waals surface area contributed by atoms with Crippen LogP contribution in [0.15, 0.2) is 22.7 Å². The molecule has 1 saturated heterocycles. The first-order valence-electron chi connectivity index (χ1n) is 4.24. The Hall–Kier alpha value is -0.0600. The molecule has 2 aliphatic rings. The Bertz CT molecular complexity index is 307. The lowest BCUT2D eigenvalue weighted by molar-refractivity contribution is -0.136. The Morgan fingerprint density at radius 3 is 2.29 bits per heavy atom. The third kappa shape index (κ3) is 1.24. The highest BCUT2D eigenvalue weighted by Gasteiger charge is 2.55. The molecule has 0 aromatic carbocycles. The highest BCUT2D eigenvalue weighted by Crippen LogP contribution is 2.50. The van der Waals surface area contributed by atoms with Gasteiger partial charge in [-0.05, 0) is 0 Å². The molecule has 78 valence electrons. The zero-order chi connectivity index (χ0) is 10.4. The van der Waals surface area contributed by atoms with Gasteiger partial charge in [0.25, 0.3) is 0 Å². The molecule has 1 fully saturated rings. The van der Waals surface area contributed by atoms with Crippen molar-refractivity contribution in [2.75, 3.05) is 13.2 Å². The largest absolute Gasteiger partial charge is 0.380 e. The standard InChI is InChI=1S/C9H10Cl2O3/c1-2-8(12)5-9(7(11)6(8)10)13-3-4-14-9/h2,12H,1,3-5H2. The first kappa shape index (κ1) is 10.5. The quantitative estimate of drug-likeness (QED) is 0.706. The van der Waals surface area contributed by atoms with E-state index in [1.807, 2.05) is 0 Å². The van der Waals surface area contributed by atoms with Gasteiger partial charge in [-0.15, -0.1) is 0 Å².